The van der Waals surface area contributed by atoms with Crippen molar-refractivity contribution in [2.45, 2.75) is 25.8 Å². The first-order valence-corrected chi connectivity index (χ1v) is 5.84. The Bertz CT molecular complexity index is 366. The molecule has 0 aromatic heterocycles. The van der Waals surface area contributed by atoms with Gasteiger partial charge in [0.1, 0.15) is 6.04 Å². The van der Waals surface area contributed by atoms with Gasteiger partial charge < -0.3 is 16.2 Å². The molecule has 1 aromatic rings. The quantitative estimate of drug-likeness (QED) is 0.616. The van der Waals surface area contributed by atoms with Crippen LogP contribution in [0.25, 0.3) is 0 Å². The van der Waals surface area contributed by atoms with Gasteiger partial charge in [-0.1, -0.05) is 29.8 Å². The first-order chi connectivity index (χ1) is 8.09. The highest BCUT2D eigenvalue weighted by molar-refractivity contribution is 5.72. The predicted molar refractivity (Wildman–Crippen MR) is 68.0 cm³/mol. The molecule has 0 heterocycles. The summed E-state index contributed by atoms with van der Waals surface area (Å²) in [6.45, 7) is 3.55. The SMILES string of the molecule is Cc1cccc(CCNCCC(N)C(=O)O)c1. The first kappa shape index (κ1) is 13.7. The van der Waals surface area contributed by atoms with Gasteiger partial charge in [0.2, 0.25) is 0 Å². The average Bonchev–Trinajstić information content (AvgIpc) is 2.28. The molecule has 1 rings (SSSR count). The number of aryl methyl sites for hydroxylation is 1. The van der Waals surface area contributed by atoms with E-state index in [9.17, 15) is 4.79 Å². The van der Waals surface area contributed by atoms with Crippen LogP contribution in [0.3, 0.4) is 0 Å². The number of nitrogens with two attached hydrogens (primary N) is 1. The van der Waals surface area contributed by atoms with E-state index in [1.54, 1.807) is 0 Å². The molecule has 0 spiro atoms. The molecule has 4 nitrogen and oxygen atoms in total. The number of hydrogen-bond acceptors (Lipinski definition) is 3. The Hall–Kier alpha value is -1.39. The highest BCUT2D eigenvalue weighted by Gasteiger charge is 2.09. The lowest BCUT2D eigenvalue weighted by atomic mass is 10.1. The summed E-state index contributed by atoms with van der Waals surface area (Å²) in [4.78, 5) is 10.5. The average molecular weight is 236 g/mol. The normalized spacial score (nSPS) is 12.4. The second-order valence-electron chi connectivity index (χ2n) is 4.22. The van der Waals surface area contributed by atoms with Crippen molar-refractivity contribution in [3.05, 3.63) is 35.4 Å². The Morgan fingerprint density at radius 1 is 1.47 bits per heavy atom. The summed E-state index contributed by atoms with van der Waals surface area (Å²) in [5.41, 5.74) is 7.94. The number of carbonyl (C=O) groups is 1. The number of nitrogens with one attached hydrogen (secondary N) is 1. The van der Waals surface area contributed by atoms with E-state index in [2.05, 4.69) is 30.4 Å². The summed E-state index contributed by atoms with van der Waals surface area (Å²) in [5, 5.41) is 11.8. The summed E-state index contributed by atoms with van der Waals surface area (Å²) in [6.07, 6.45) is 1.41. The molecule has 0 aliphatic heterocycles. The Labute approximate surface area is 102 Å². The van der Waals surface area contributed by atoms with Crippen molar-refractivity contribution in [3.63, 3.8) is 0 Å². The van der Waals surface area contributed by atoms with Gasteiger partial charge in [0.05, 0.1) is 0 Å². The van der Waals surface area contributed by atoms with E-state index in [0.29, 0.717) is 13.0 Å². The van der Waals surface area contributed by atoms with Gasteiger partial charge in [-0.2, -0.15) is 0 Å². The lowest BCUT2D eigenvalue weighted by Gasteiger charge is -2.08. The van der Waals surface area contributed by atoms with Crippen molar-refractivity contribution >= 4 is 5.97 Å². The molecule has 1 atom stereocenters. The monoisotopic (exact) mass is 236 g/mol. The maximum atomic E-state index is 10.5. The molecule has 0 saturated carbocycles. The standard InChI is InChI=1S/C13H20N2O2/c1-10-3-2-4-11(9-10)5-7-15-8-6-12(14)13(16)17/h2-4,9,12,15H,5-8,14H2,1H3,(H,16,17). The molecule has 1 aromatic carbocycles. The van der Waals surface area contributed by atoms with Gasteiger partial charge in [-0.25, -0.2) is 0 Å². The van der Waals surface area contributed by atoms with Crippen LogP contribution in [0.15, 0.2) is 24.3 Å². The molecule has 17 heavy (non-hydrogen) atoms. The second-order valence-corrected chi connectivity index (χ2v) is 4.22. The van der Waals surface area contributed by atoms with E-state index in [0.717, 1.165) is 13.0 Å². The molecule has 4 heteroatoms. The number of hydrogen-bond donors (Lipinski definition) is 3. The van der Waals surface area contributed by atoms with Gasteiger partial charge >= 0.3 is 5.97 Å². The lowest BCUT2D eigenvalue weighted by molar-refractivity contribution is -0.138. The largest absolute Gasteiger partial charge is 0.480 e. The van der Waals surface area contributed by atoms with Gasteiger partial charge in [0.15, 0.2) is 0 Å². The summed E-state index contributed by atoms with van der Waals surface area (Å²) in [7, 11) is 0. The number of carboxylic acid groups (broad SMARTS) is 1. The number of benzene rings is 1. The Kier molecular flexibility index (Phi) is 5.66. The molecule has 4 N–H and O–H groups in total. The van der Waals surface area contributed by atoms with E-state index in [1.807, 2.05) is 6.07 Å². The van der Waals surface area contributed by atoms with Crippen molar-refractivity contribution in [3.8, 4) is 0 Å². The zero-order valence-corrected chi connectivity index (χ0v) is 10.1. The molecule has 94 valence electrons. The fraction of sp³-hybridized carbons (Fsp3) is 0.462. The third-order valence-electron chi connectivity index (χ3n) is 2.62. The minimum Gasteiger partial charge on any atom is -0.480 e. The maximum Gasteiger partial charge on any atom is 0.320 e. The highest BCUT2D eigenvalue weighted by Crippen LogP contribution is 2.03. The Morgan fingerprint density at radius 2 is 2.24 bits per heavy atom. The van der Waals surface area contributed by atoms with E-state index < -0.39 is 12.0 Å². The van der Waals surface area contributed by atoms with E-state index in [1.165, 1.54) is 11.1 Å². The molecule has 0 radical (unpaired) electrons. The molecular weight excluding hydrogens is 216 g/mol. The molecule has 0 saturated heterocycles. The molecule has 0 amide bonds. The third-order valence-corrected chi connectivity index (χ3v) is 2.62. The predicted octanol–water partition coefficient (Wildman–Crippen LogP) is 0.929. The van der Waals surface area contributed by atoms with Crippen molar-refractivity contribution < 1.29 is 9.90 Å². The number of aliphatic carboxylic acids is 1. The first-order valence-electron chi connectivity index (χ1n) is 5.84. The number of carboxylic acids is 1. The zero-order chi connectivity index (χ0) is 12.7. The van der Waals surface area contributed by atoms with Gasteiger partial charge in [0.25, 0.3) is 0 Å². The van der Waals surface area contributed by atoms with Crippen molar-refractivity contribution in [1.82, 2.24) is 5.32 Å². The maximum absolute atomic E-state index is 10.5. The van der Waals surface area contributed by atoms with Crippen LogP contribution in [0.1, 0.15) is 17.5 Å². The van der Waals surface area contributed by atoms with Crippen LogP contribution in [-0.2, 0) is 11.2 Å². The summed E-state index contributed by atoms with van der Waals surface area (Å²) in [6, 6.07) is 7.61. The second kappa shape index (κ2) is 7.04. The van der Waals surface area contributed by atoms with Crippen molar-refractivity contribution in [2.24, 2.45) is 5.73 Å². The number of rotatable bonds is 7. The lowest BCUT2D eigenvalue weighted by Crippen LogP contribution is -2.34. The van der Waals surface area contributed by atoms with Gasteiger partial charge in [0, 0.05) is 0 Å². The van der Waals surface area contributed by atoms with Crippen LogP contribution in [0.4, 0.5) is 0 Å². The van der Waals surface area contributed by atoms with Crippen LogP contribution in [0.2, 0.25) is 0 Å². The summed E-state index contributed by atoms with van der Waals surface area (Å²) >= 11 is 0. The molecule has 0 fully saturated rings. The minimum absolute atomic E-state index is 0.461. The van der Waals surface area contributed by atoms with Crippen LogP contribution >= 0.6 is 0 Å². The van der Waals surface area contributed by atoms with E-state index in [-0.39, 0.29) is 0 Å². The van der Waals surface area contributed by atoms with E-state index in [4.69, 9.17) is 10.8 Å². The summed E-state index contributed by atoms with van der Waals surface area (Å²) < 4.78 is 0. The van der Waals surface area contributed by atoms with Crippen LogP contribution in [-0.4, -0.2) is 30.2 Å². The minimum atomic E-state index is -0.939. The fourth-order valence-electron chi connectivity index (χ4n) is 1.61. The van der Waals surface area contributed by atoms with Crippen LogP contribution in [0.5, 0.6) is 0 Å². The van der Waals surface area contributed by atoms with Gasteiger partial charge in [-0.15, -0.1) is 0 Å². The van der Waals surface area contributed by atoms with Crippen molar-refractivity contribution in [2.75, 3.05) is 13.1 Å². The molecule has 0 bridgehead atoms. The van der Waals surface area contributed by atoms with Crippen molar-refractivity contribution in [1.29, 1.82) is 0 Å². The highest BCUT2D eigenvalue weighted by atomic mass is 16.4. The molecule has 1 unspecified atom stereocenters. The fourth-order valence-corrected chi connectivity index (χ4v) is 1.61. The molecule has 0 aliphatic carbocycles. The third kappa shape index (κ3) is 5.47. The Morgan fingerprint density at radius 3 is 2.88 bits per heavy atom. The van der Waals surface area contributed by atoms with Gasteiger partial charge in [-0.05, 0) is 38.4 Å². The summed E-state index contributed by atoms with van der Waals surface area (Å²) in [5.74, 6) is -0.939. The van der Waals surface area contributed by atoms with Crippen LogP contribution in [0, 0.1) is 6.92 Å². The van der Waals surface area contributed by atoms with Crippen LogP contribution < -0.4 is 11.1 Å². The molecular formula is C13H20N2O2. The van der Waals surface area contributed by atoms with Gasteiger partial charge in [-0.3, -0.25) is 4.79 Å². The smallest absolute Gasteiger partial charge is 0.320 e. The van der Waals surface area contributed by atoms with E-state index >= 15 is 0 Å². The Balaban J connectivity index is 2.14. The zero-order valence-electron chi connectivity index (χ0n) is 10.1. The topological polar surface area (TPSA) is 75.3 Å². The molecule has 0 aliphatic rings.